The Morgan fingerprint density at radius 1 is 1.19 bits per heavy atom. The first-order valence-electron chi connectivity index (χ1n) is 6.92. The predicted molar refractivity (Wildman–Crippen MR) is 79.2 cm³/mol. The van der Waals surface area contributed by atoms with Crippen molar-refractivity contribution in [2.45, 2.75) is 25.7 Å². The summed E-state index contributed by atoms with van der Waals surface area (Å²) in [5.41, 5.74) is 2.30. The summed E-state index contributed by atoms with van der Waals surface area (Å²) in [7, 11) is 0. The normalized spacial score (nSPS) is 13.4. The minimum atomic E-state index is -0.569. The third-order valence-electron chi connectivity index (χ3n) is 3.10. The third kappa shape index (κ3) is 4.95. The van der Waals surface area contributed by atoms with Crippen molar-refractivity contribution < 1.29 is 19.1 Å². The number of hydrogen-bond donors (Lipinski definition) is 1. The zero-order valence-electron chi connectivity index (χ0n) is 12.1. The molecule has 0 aliphatic heterocycles. The van der Waals surface area contributed by atoms with Gasteiger partial charge in [-0.3, -0.25) is 5.32 Å². The van der Waals surface area contributed by atoms with Crippen LogP contribution in [0.1, 0.15) is 31.2 Å². The van der Waals surface area contributed by atoms with E-state index in [0.717, 1.165) is 0 Å². The number of anilines is 1. The number of carbonyl (C=O) groups excluding carboxylic acids is 2. The summed E-state index contributed by atoms with van der Waals surface area (Å²) in [6.07, 6.45) is 1.93. The fraction of sp³-hybridized carbons (Fsp3) is 0.375. The SMILES string of the molecule is C=C(C)C(=O)OCCOC(=O)Nc1ccc(C2CC2)cc1. The minimum Gasteiger partial charge on any atom is -0.459 e. The van der Waals surface area contributed by atoms with E-state index in [1.54, 1.807) is 6.92 Å². The lowest BCUT2D eigenvalue weighted by atomic mass is 10.1. The van der Waals surface area contributed by atoms with Crippen LogP contribution in [0.4, 0.5) is 10.5 Å². The molecule has 1 aromatic rings. The van der Waals surface area contributed by atoms with E-state index < -0.39 is 12.1 Å². The number of hydrogen-bond acceptors (Lipinski definition) is 4. The largest absolute Gasteiger partial charge is 0.459 e. The lowest BCUT2D eigenvalue weighted by Crippen LogP contribution is -2.18. The molecular weight excluding hydrogens is 270 g/mol. The van der Waals surface area contributed by atoms with Crippen molar-refractivity contribution in [2.24, 2.45) is 0 Å². The molecule has 0 unspecified atom stereocenters. The average Bonchev–Trinajstić information content (AvgIpc) is 3.28. The maximum atomic E-state index is 11.5. The number of esters is 1. The molecule has 0 bridgehead atoms. The Balaban J connectivity index is 1.66. The molecule has 21 heavy (non-hydrogen) atoms. The Hall–Kier alpha value is -2.30. The van der Waals surface area contributed by atoms with Gasteiger partial charge in [0.25, 0.3) is 0 Å². The smallest absolute Gasteiger partial charge is 0.411 e. The molecule has 1 aromatic carbocycles. The van der Waals surface area contributed by atoms with Crippen LogP contribution in [-0.4, -0.2) is 25.3 Å². The van der Waals surface area contributed by atoms with Crippen LogP contribution in [0.25, 0.3) is 0 Å². The molecule has 0 heterocycles. The Bertz CT molecular complexity index is 532. The van der Waals surface area contributed by atoms with Crippen molar-refractivity contribution in [3.63, 3.8) is 0 Å². The zero-order valence-corrected chi connectivity index (χ0v) is 12.1. The number of amides is 1. The molecule has 1 aliphatic carbocycles. The van der Waals surface area contributed by atoms with Crippen molar-refractivity contribution >= 4 is 17.7 Å². The van der Waals surface area contributed by atoms with Crippen LogP contribution in [0, 0.1) is 0 Å². The van der Waals surface area contributed by atoms with Gasteiger partial charge in [-0.25, -0.2) is 9.59 Å². The highest BCUT2D eigenvalue weighted by Crippen LogP contribution is 2.40. The van der Waals surface area contributed by atoms with Crippen molar-refractivity contribution in [3.05, 3.63) is 42.0 Å². The van der Waals surface area contributed by atoms with E-state index in [4.69, 9.17) is 9.47 Å². The van der Waals surface area contributed by atoms with Crippen LogP contribution < -0.4 is 5.32 Å². The number of benzene rings is 1. The first-order chi connectivity index (χ1) is 10.1. The summed E-state index contributed by atoms with van der Waals surface area (Å²) >= 11 is 0. The molecule has 1 amide bonds. The summed E-state index contributed by atoms with van der Waals surface area (Å²) in [4.78, 5) is 22.6. The van der Waals surface area contributed by atoms with E-state index in [1.807, 2.05) is 24.3 Å². The first kappa shape index (κ1) is 15.1. The van der Waals surface area contributed by atoms with Gasteiger partial charge in [0.1, 0.15) is 13.2 Å². The van der Waals surface area contributed by atoms with E-state index in [0.29, 0.717) is 17.2 Å². The van der Waals surface area contributed by atoms with Crippen LogP contribution in [0.2, 0.25) is 0 Å². The molecule has 5 heteroatoms. The quantitative estimate of drug-likeness (QED) is 0.496. The van der Waals surface area contributed by atoms with Gasteiger partial charge in [-0.1, -0.05) is 18.7 Å². The molecule has 1 saturated carbocycles. The molecule has 112 valence electrons. The average molecular weight is 289 g/mol. The first-order valence-corrected chi connectivity index (χ1v) is 6.92. The maximum absolute atomic E-state index is 11.5. The van der Waals surface area contributed by atoms with Gasteiger partial charge in [0.05, 0.1) is 0 Å². The van der Waals surface area contributed by atoms with E-state index >= 15 is 0 Å². The Morgan fingerprint density at radius 3 is 2.38 bits per heavy atom. The van der Waals surface area contributed by atoms with Crippen LogP contribution in [-0.2, 0) is 14.3 Å². The molecule has 0 atom stereocenters. The Kier molecular flexibility index (Phi) is 4.98. The van der Waals surface area contributed by atoms with Crippen molar-refractivity contribution in [1.29, 1.82) is 0 Å². The molecule has 5 nitrogen and oxygen atoms in total. The molecule has 1 aliphatic rings. The Morgan fingerprint density at radius 2 is 1.81 bits per heavy atom. The number of rotatable bonds is 6. The van der Waals surface area contributed by atoms with Gasteiger partial charge in [-0.2, -0.15) is 0 Å². The van der Waals surface area contributed by atoms with Gasteiger partial charge in [0, 0.05) is 11.3 Å². The second-order valence-electron chi connectivity index (χ2n) is 5.07. The summed E-state index contributed by atoms with van der Waals surface area (Å²) in [5, 5.41) is 2.62. The van der Waals surface area contributed by atoms with E-state index in [-0.39, 0.29) is 13.2 Å². The highest BCUT2D eigenvalue weighted by molar-refractivity contribution is 5.87. The molecular formula is C16H19NO4. The van der Waals surface area contributed by atoms with Gasteiger partial charge in [0.2, 0.25) is 0 Å². The molecule has 1 fully saturated rings. The minimum absolute atomic E-state index is 0.00497. The standard InChI is InChI=1S/C16H19NO4/c1-11(2)15(18)20-9-10-21-16(19)17-14-7-5-13(6-8-14)12-3-4-12/h5-8,12H,1,3-4,9-10H2,2H3,(H,17,19). The molecule has 0 spiro atoms. The third-order valence-corrected chi connectivity index (χ3v) is 3.10. The van der Waals surface area contributed by atoms with Gasteiger partial charge >= 0.3 is 12.1 Å². The Labute approximate surface area is 123 Å². The lowest BCUT2D eigenvalue weighted by molar-refractivity contribution is -0.139. The number of nitrogens with one attached hydrogen (secondary N) is 1. The second-order valence-corrected chi connectivity index (χ2v) is 5.07. The second kappa shape index (κ2) is 6.92. The maximum Gasteiger partial charge on any atom is 0.411 e. The van der Waals surface area contributed by atoms with Gasteiger partial charge in [-0.05, 0) is 43.4 Å². The topological polar surface area (TPSA) is 64.6 Å². The molecule has 0 radical (unpaired) electrons. The van der Waals surface area contributed by atoms with Crippen LogP contribution in [0.15, 0.2) is 36.4 Å². The summed E-state index contributed by atoms with van der Waals surface area (Å²) < 4.78 is 9.72. The van der Waals surface area contributed by atoms with Gasteiger partial charge in [-0.15, -0.1) is 0 Å². The van der Waals surface area contributed by atoms with E-state index in [2.05, 4.69) is 11.9 Å². The van der Waals surface area contributed by atoms with E-state index in [1.165, 1.54) is 18.4 Å². The van der Waals surface area contributed by atoms with Crippen molar-refractivity contribution in [2.75, 3.05) is 18.5 Å². The molecule has 1 N–H and O–H groups in total. The summed E-state index contributed by atoms with van der Waals surface area (Å²) in [5.74, 6) is 0.198. The highest BCUT2D eigenvalue weighted by atomic mass is 16.6. The van der Waals surface area contributed by atoms with Gasteiger partial charge < -0.3 is 9.47 Å². The van der Waals surface area contributed by atoms with Crippen molar-refractivity contribution in [3.8, 4) is 0 Å². The highest BCUT2D eigenvalue weighted by Gasteiger charge is 2.22. The molecule has 0 saturated heterocycles. The summed E-state index contributed by atoms with van der Waals surface area (Å²) in [6.45, 7) is 5.03. The molecule has 2 rings (SSSR count). The zero-order chi connectivity index (χ0) is 15.2. The predicted octanol–water partition coefficient (Wildman–Crippen LogP) is 3.23. The van der Waals surface area contributed by atoms with Crippen LogP contribution >= 0.6 is 0 Å². The van der Waals surface area contributed by atoms with Crippen LogP contribution in [0.5, 0.6) is 0 Å². The lowest BCUT2D eigenvalue weighted by Gasteiger charge is -2.08. The molecule has 0 aromatic heterocycles. The van der Waals surface area contributed by atoms with Crippen LogP contribution in [0.3, 0.4) is 0 Å². The number of carbonyl (C=O) groups is 2. The van der Waals surface area contributed by atoms with E-state index in [9.17, 15) is 9.59 Å². The fourth-order valence-corrected chi connectivity index (χ4v) is 1.80. The van der Waals surface area contributed by atoms with Gasteiger partial charge in [0.15, 0.2) is 0 Å². The van der Waals surface area contributed by atoms with Crippen molar-refractivity contribution in [1.82, 2.24) is 0 Å². The summed E-state index contributed by atoms with van der Waals surface area (Å²) in [6, 6.07) is 7.75. The number of ether oxygens (including phenoxy) is 2. The fourth-order valence-electron chi connectivity index (χ4n) is 1.80. The monoisotopic (exact) mass is 289 g/mol.